The molecule has 4 heteroatoms. The highest BCUT2D eigenvalue weighted by Crippen LogP contribution is 2.20. The highest BCUT2D eigenvalue weighted by Gasteiger charge is 2.07. The predicted molar refractivity (Wildman–Crippen MR) is 93.1 cm³/mol. The molecule has 0 saturated carbocycles. The lowest BCUT2D eigenvalue weighted by Crippen LogP contribution is -2.14. The Morgan fingerprint density at radius 3 is 2.29 bits per heavy atom. The van der Waals surface area contributed by atoms with Crippen molar-refractivity contribution in [3.05, 3.63) is 77.9 Å². The number of benzene rings is 3. The first-order chi connectivity index (χ1) is 11.6. The second kappa shape index (κ2) is 6.96. The molecule has 0 atom stereocenters. The van der Waals surface area contributed by atoms with E-state index in [1.54, 1.807) is 24.3 Å². The molecule has 4 nitrogen and oxygen atoms in total. The van der Waals surface area contributed by atoms with Gasteiger partial charge in [-0.3, -0.25) is 9.59 Å². The first-order valence-electron chi connectivity index (χ1n) is 7.64. The van der Waals surface area contributed by atoms with Crippen molar-refractivity contribution < 1.29 is 14.3 Å². The summed E-state index contributed by atoms with van der Waals surface area (Å²) in [5, 5.41) is 2.20. The van der Waals surface area contributed by atoms with Gasteiger partial charge in [0.25, 0.3) is 0 Å². The average molecular weight is 319 g/mol. The quantitative estimate of drug-likeness (QED) is 0.759. The number of amides is 1. The molecule has 3 rings (SSSR count). The lowest BCUT2D eigenvalue weighted by Gasteiger charge is -2.07. The Labute approximate surface area is 139 Å². The van der Waals surface area contributed by atoms with Crippen LogP contribution in [0.2, 0.25) is 0 Å². The van der Waals surface area contributed by atoms with Crippen molar-refractivity contribution in [2.24, 2.45) is 5.73 Å². The van der Waals surface area contributed by atoms with Crippen LogP contribution >= 0.6 is 0 Å². The van der Waals surface area contributed by atoms with E-state index in [1.807, 2.05) is 42.5 Å². The fraction of sp³-hybridized carbons (Fsp3) is 0.100. The minimum absolute atomic E-state index is 0.00983. The van der Waals surface area contributed by atoms with Gasteiger partial charge in [0.05, 0.1) is 0 Å². The van der Waals surface area contributed by atoms with Crippen molar-refractivity contribution in [1.29, 1.82) is 0 Å². The molecule has 0 saturated heterocycles. The normalized spacial score (nSPS) is 10.5. The van der Waals surface area contributed by atoms with Crippen molar-refractivity contribution in [2.75, 3.05) is 6.61 Å². The van der Waals surface area contributed by atoms with E-state index < -0.39 is 5.91 Å². The summed E-state index contributed by atoms with van der Waals surface area (Å²) in [6.45, 7) is 0.00983. The SMILES string of the molecule is NC(=O)c1ccc(CC(=O)COc2ccc3ccccc3c2)cc1. The summed E-state index contributed by atoms with van der Waals surface area (Å²) in [5.74, 6) is 0.161. The molecule has 0 unspecified atom stereocenters. The van der Waals surface area contributed by atoms with Crippen LogP contribution < -0.4 is 10.5 Å². The molecule has 0 heterocycles. The maximum absolute atomic E-state index is 12.1. The lowest BCUT2D eigenvalue weighted by atomic mass is 10.1. The first-order valence-corrected chi connectivity index (χ1v) is 7.64. The molecule has 0 aliphatic heterocycles. The van der Waals surface area contributed by atoms with E-state index in [0.717, 1.165) is 16.3 Å². The van der Waals surface area contributed by atoms with Crippen LogP contribution in [0.4, 0.5) is 0 Å². The summed E-state index contributed by atoms with van der Waals surface area (Å²) in [5.41, 5.74) is 6.45. The van der Waals surface area contributed by atoms with Gasteiger partial charge in [-0.05, 0) is 40.6 Å². The van der Waals surface area contributed by atoms with Gasteiger partial charge >= 0.3 is 0 Å². The Bertz CT molecular complexity index is 885. The fourth-order valence-electron chi connectivity index (χ4n) is 2.49. The number of fused-ring (bicyclic) bond motifs is 1. The molecule has 2 N–H and O–H groups in total. The van der Waals surface area contributed by atoms with Crippen LogP contribution in [-0.4, -0.2) is 18.3 Å². The number of nitrogens with two attached hydrogens (primary N) is 1. The smallest absolute Gasteiger partial charge is 0.248 e. The molecule has 0 radical (unpaired) electrons. The van der Waals surface area contributed by atoms with Gasteiger partial charge in [0, 0.05) is 12.0 Å². The van der Waals surface area contributed by atoms with Crippen LogP contribution in [0, 0.1) is 0 Å². The molecule has 0 bridgehead atoms. The van der Waals surface area contributed by atoms with Crippen LogP contribution in [0.3, 0.4) is 0 Å². The Hall–Kier alpha value is -3.14. The van der Waals surface area contributed by atoms with Gasteiger partial charge in [-0.25, -0.2) is 0 Å². The Morgan fingerprint density at radius 1 is 0.875 bits per heavy atom. The summed E-state index contributed by atoms with van der Waals surface area (Å²) < 4.78 is 5.59. The molecule has 1 amide bonds. The van der Waals surface area contributed by atoms with E-state index in [-0.39, 0.29) is 18.8 Å². The van der Waals surface area contributed by atoms with Gasteiger partial charge < -0.3 is 10.5 Å². The second-order valence-corrected chi connectivity index (χ2v) is 5.57. The molecule has 0 aliphatic carbocycles. The van der Waals surface area contributed by atoms with Crippen molar-refractivity contribution in [3.63, 3.8) is 0 Å². The van der Waals surface area contributed by atoms with Gasteiger partial charge in [0.15, 0.2) is 5.78 Å². The molecule has 120 valence electrons. The van der Waals surface area contributed by atoms with Gasteiger partial charge in [-0.15, -0.1) is 0 Å². The molecule has 0 fully saturated rings. The van der Waals surface area contributed by atoms with Gasteiger partial charge in [0.2, 0.25) is 5.91 Å². The van der Waals surface area contributed by atoms with E-state index in [4.69, 9.17) is 10.5 Å². The standard InChI is InChI=1S/C20H17NO3/c21-20(23)16-7-5-14(6-8-16)11-18(22)13-24-19-10-9-15-3-1-2-4-17(15)12-19/h1-10,12H,11,13H2,(H2,21,23). The van der Waals surface area contributed by atoms with Crippen LogP contribution in [-0.2, 0) is 11.2 Å². The third-order valence-electron chi connectivity index (χ3n) is 3.76. The number of carbonyl (C=O) groups is 2. The monoisotopic (exact) mass is 319 g/mol. The molecule has 3 aromatic rings. The Kier molecular flexibility index (Phi) is 4.57. The summed E-state index contributed by atoms with van der Waals surface area (Å²) in [7, 11) is 0. The largest absolute Gasteiger partial charge is 0.486 e. The highest BCUT2D eigenvalue weighted by molar-refractivity contribution is 5.93. The summed E-state index contributed by atoms with van der Waals surface area (Å²) in [6.07, 6.45) is 0.257. The number of primary amides is 1. The number of hydrogen-bond acceptors (Lipinski definition) is 3. The predicted octanol–water partition coefficient (Wildman–Crippen LogP) is 3.13. The minimum Gasteiger partial charge on any atom is -0.486 e. The molecule has 0 aromatic heterocycles. The highest BCUT2D eigenvalue weighted by atomic mass is 16.5. The van der Waals surface area contributed by atoms with Crippen molar-refractivity contribution in [1.82, 2.24) is 0 Å². The number of Topliss-reactive ketones (excluding diaryl/α,β-unsaturated/α-hetero) is 1. The van der Waals surface area contributed by atoms with Crippen LogP contribution in [0.1, 0.15) is 15.9 Å². The zero-order chi connectivity index (χ0) is 16.9. The summed E-state index contributed by atoms with van der Waals surface area (Å²) in [4.78, 5) is 23.1. The molecule has 3 aromatic carbocycles. The number of rotatable bonds is 6. The Balaban J connectivity index is 1.59. The van der Waals surface area contributed by atoms with Crippen LogP contribution in [0.15, 0.2) is 66.7 Å². The molecule has 24 heavy (non-hydrogen) atoms. The van der Waals surface area contributed by atoms with E-state index in [9.17, 15) is 9.59 Å². The molecular formula is C20H17NO3. The number of hydrogen-bond donors (Lipinski definition) is 1. The zero-order valence-corrected chi connectivity index (χ0v) is 13.1. The molecule has 0 aliphatic rings. The zero-order valence-electron chi connectivity index (χ0n) is 13.1. The van der Waals surface area contributed by atoms with E-state index >= 15 is 0 Å². The van der Waals surface area contributed by atoms with Crippen molar-refractivity contribution in [2.45, 2.75) is 6.42 Å². The van der Waals surface area contributed by atoms with E-state index in [2.05, 4.69) is 0 Å². The minimum atomic E-state index is -0.479. The number of ether oxygens (including phenoxy) is 1. The summed E-state index contributed by atoms with van der Waals surface area (Å²) in [6, 6.07) is 20.4. The van der Waals surface area contributed by atoms with Crippen molar-refractivity contribution in [3.8, 4) is 5.75 Å². The molecular weight excluding hydrogens is 302 g/mol. The average Bonchev–Trinajstić information content (AvgIpc) is 2.60. The van der Waals surface area contributed by atoms with E-state index in [0.29, 0.717) is 11.3 Å². The van der Waals surface area contributed by atoms with Gasteiger partial charge in [-0.2, -0.15) is 0 Å². The number of carbonyl (C=O) groups excluding carboxylic acids is 2. The topological polar surface area (TPSA) is 69.4 Å². The van der Waals surface area contributed by atoms with Crippen molar-refractivity contribution >= 4 is 22.5 Å². The van der Waals surface area contributed by atoms with Gasteiger partial charge in [0.1, 0.15) is 12.4 Å². The van der Waals surface area contributed by atoms with Crippen LogP contribution in [0.5, 0.6) is 5.75 Å². The second-order valence-electron chi connectivity index (χ2n) is 5.57. The first kappa shape index (κ1) is 15.7. The molecule has 0 spiro atoms. The summed E-state index contributed by atoms with van der Waals surface area (Å²) >= 11 is 0. The number of ketones is 1. The third kappa shape index (κ3) is 3.79. The van der Waals surface area contributed by atoms with Crippen LogP contribution in [0.25, 0.3) is 10.8 Å². The fourth-order valence-corrected chi connectivity index (χ4v) is 2.49. The van der Waals surface area contributed by atoms with Gasteiger partial charge in [-0.1, -0.05) is 42.5 Å². The Morgan fingerprint density at radius 2 is 1.58 bits per heavy atom. The maximum Gasteiger partial charge on any atom is 0.248 e. The third-order valence-corrected chi connectivity index (χ3v) is 3.76. The maximum atomic E-state index is 12.1. The van der Waals surface area contributed by atoms with E-state index in [1.165, 1.54) is 0 Å². The lowest BCUT2D eigenvalue weighted by molar-refractivity contribution is -0.120.